The Bertz CT molecular complexity index is 1330. The molecule has 0 bridgehead atoms. The summed E-state index contributed by atoms with van der Waals surface area (Å²) < 4.78 is 1.74. The molecule has 2 aliphatic carbocycles. The Kier molecular flexibility index (Phi) is 6.73. The minimum Gasteiger partial charge on any atom is -0.382 e. The highest BCUT2D eigenvalue weighted by atomic mass is 16.1. The molecule has 186 valence electrons. The summed E-state index contributed by atoms with van der Waals surface area (Å²) in [5.74, 6) is 1.10. The molecule has 8 nitrogen and oxygen atoms in total. The van der Waals surface area contributed by atoms with Crippen molar-refractivity contribution in [2.75, 3.05) is 5.32 Å². The zero-order valence-electron chi connectivity index (χ0n) is 20.8. The van der Waals surface area contributed by atoms with Gasteiger partial charge in [0.1, 0.15) is 11.9 Å². The smallest absolute Gasteiger partial charge is 0.255 e. The largest absolute Gasteiger partial charge is 0.382 e. The normalized spacial score (nSPS) is 19.7. The number of hydrogen-bond donors (Lipinski definition) is 2. The van der Waals surface area contributed by atoms with E-state index in [0.717, 1.165) is 55.4 Å². The van der Waals surface area contributed by atoms with Crippen LogP contribution in [0.25, 0.3) is 16.9 Å². The third-order valence-corrected chi connectivity index (χ3v) is 7.19. The Balaban J connectivity index is 1.30. The van der Waals surface area contributed by atoms with Crippen molar-refractivity contribution in [2.45, 2.75) is 70.9 Å². The Labute approximate surface area is 211 Å². The van der Waals surface area contributed by atoms with Crippen LogP contribution in [0.5, 0.6) is 0 Å². The Morgan fingerprint density at radius 2 is 1.89 bits per heavy atom. The molecule has 0 aromatic carbocycles. The quantitative estimate of drug-likeness (QED) is 0.477. The van der Waals surface area contributed by atoms with Gasteiger partial charge in [0.2, 0.25) is 0 Å². The fraction of sp³-hybridized carbons (Fsp3) is 0.464. The van der Waals surface area contributed by atoms with Crippen LogP contribution in [0.4, 0.5) is 5.69 Å². The predicted molar refractivity (Wildman–Crippen MR) is 137 cm³/mol. The molecule has 1 amide bonds. The van der Waals surface area contributed by atoms with Crippen LogP contribution in [-0.2, 0) is 4.79 Å². The van der Waals surface area contributed by atoms with Gasteiger partial charge in [-0.15, -0.1) is 0 Å². The molecular weight excluding hydrogens is 452 g/mol. The van der Waals surface area contributed by atoms with E-state index in [-0.39, 0.29) is 18.0 Å². The Morgan fingerprint density at radius 1 is 1.11 bits per heavy atom. The molecule has 0 unspecified atom stereocenters. The summed E-state index contributed by atoms with van der Waals surface area (Å²) in [6, 6.07) is 9.83. The SMILES string of the molecule is CC(C)Nc1cc(-c2ccc3cc(C#N)cnn23)ncc1C(=O)NC1CCC(CC(=O)C2CC2)CC1. The van der Waals surface area contributed by atoms with Gasteiger partial charge in [-0.05, 0) is 82.6 Å². The minimum absolute atomic E-state index is 0.115. The van der Waals surface area contributed by atoms with Gasteiger partial charge in [-0.3, -0.25) is 14.6 Å². The second kappa shape index (κ2) is 10.1. The Morgan fingerprint density at radius 3 is 2.58 bits per heavy atom. The predicted octanol–water partition coefficient (Wildman–Crippen LogP) is 4.75. The number of Topliss-reactive ketones (excluding diaryl/α,β-unsaturated/α-hetero) is 1. The van der Waals surface area contributed by atoms with Gasteiger partial charge in [-0.2, -0.15) is 10.4 Å². The molecule has 3 heterocycles. The molecular formula is C28H32N6O2. The van der Waals surface area contributed by atoms with Gasteiger partial charge in [-0.25, -0.2) is 4.52 Å². The summed E-state index contributed by atoms with van der Waals surface area (Å²) in [5, 5.41) is 20.1. The fourth-order valence-electron chi connectivity index (χ4n) is 5.09. The summed E-state index contributed by atoms with van der Waals surface area (Å²) >= 11 is 0. The monoisotopic (exact) mass is 484 g/mol. The van der Waals surface area contributed by atoms with Crippen molar-refractivity contribution in [1.29, 1.82) is 5.26 Å². The van der Waals surface area contributed by atoms with Crippen molar-refractivity contribution in [3.63, 3.8) is 0 Å². The third-order valence-electron chi connectivity index (χ3n) is 7.19. The van der Waals surface area contributed by atoms with E-state index in [1.165, 1.54) is 6.20 Å². The molecule has 0 aliphatic heterocycles. The minimum atomic E-state index is -0.133. The number of nitrogens with zero attached hydrogens (tertiary/aromatic N) is 4. The van der Waals surface area contributed by atoms with Crippen LogP contribution >= 0.6 is 0 Å². The molecule has 0 saturated heterocycles. The summed E-state index contributed by atoms with van der Waals surface area (Å²) in [6.45, 7) is 4.06. The Hall–Kier alpha value is -3.73. The van der Waals surface area contributed by atoms with Gasteiger partial charge in [-0.1, -0.05) is 0 Å². The van der Waals surface area contributed by atoms with Crippen molar-refractivity contribution in [3.05, 3.63) is 47.8 Å². The van der Waals surface area contributed by atoms with Crippen LogP contribution in [0, 0.1) is 23.2 Å². The van der Waals surface area contributed by atoms with E-state index in [9.17, 15) is 9.59 Å². The number of rotatable bonds is 8. The number of anilines is 1. The van der Waals surface area contributed by atoms with Crippen molar-refractivity contribution in [2.24, 2.45) is 11.8 Å². The lowest BCUT2D eigenvalue weighted by Gasteiger charge is -2.29. The van der Waals surface area contributed by atoms with Gasteiger partial charge in [0, 0.05) is 30.6 Å². The summed E-state index contributed by atoms with van der Waals surface area (Å²) in [4.78, 5) is 30.0. The lowest BCUT2D eigenvalue weighted by molar-refractivity contribution is -0.121. The molecule has 2 aliphatic rings. The van der Waals surface area contributed by atoms with Crippen LogP contribution in [0.1, 0.15) is 74.7 Å². The molecule has 0 radical (unpaired) electrons. The molecule has 0 spiro atoms. The highest BCUT2D eigenvalue weighted by Gasteiger charge is 2.32. The topological polar surface area (TPSA) is 112 Å². The van der Waals surface area contributed by atoms with E-state index >= 15 is 0 Å². The molecule has 0 atom stereocenters. The third kappa shape index (κ3) is 5.25. The van der Waals surface area contributed by atoms with E-state index in [1.54, 1.807) is 16.8 Å². The fourth-order valence-corrected chi connectivity index (χ4v) is 5.09. The first kappa shape index (κ1) is 24.0. The lowest BCUT2D eigenvalue weighted by Crippen LogP contribution is -2.38. The number of amides is 1. The number of pyridine rings is 1. The van der Waals surface area contributed by atoms with Crippen molar-refractivity contribution in [3.8, 4) is 17.5 Å². The maximum atomic E-state index is 13.3. The number of hydrogen-bond acceptors (Lipinski definition) is 6. The number of ketones is 1. The zero-order valence-corrected chi connectivity index (χ0v) is 20.8. The van der Waals surface area contributed by atoms with E-state index in [0.29, 0.717) is 40.9 Å². The maximum absolute atomic E-state index is 13.3. The maximum Gasteiger partial charge on any atom is 0.255 e. The average molecular weight is 485 g/mol. The summed E-state index contributed by atoms with van der Waals surface area (Å²) in [7, 11) is 0. The number of carbonyl (C=O) groups excluding carboxylic acids is 2. The van der Waals surface area contributed by atoms with E-state index in [2.05, 4.69) is 26.8 Å². The molecule has 3 aromatic rings. The van der Waals surface area contributed by atoms with Gasteiger partial charge < -0.3 is 10.6 Å². The molecule has 3 aromatic heterocycles. The molecule has 5 rings (SSSR count). The molecule has 2 N–H and O–H groups in total. The van der Waals surface area contributed by atoms with Gasteiger partial charge >= 0.3 is 0 Å². The van der Waals surface area contributed by atoms with E-state index in [1.807, 2.05) is 32.0 Å². The summed E-state index contributed by atoms with van der Waals surface area (Å²) in [5.41, 5.74) is 4.01. The number of fused-ring (bicyclic) bond motifs is 1. The van der Waals surface area contributed by atoms with Crippen molar-refractivity contribution in [1.82, 2.24) is 19.9 Å². The average Bonchev–Trinajstić information content (AvgIpc) is 3.64. The second-order valence-corrected chi connectivity index (χ2v) is 10.5. The van der Waals surface area contributed by atoms with Crippen molar-refractivity contribution >= 4 is 22.9 Å². The molecule has 36 heavy (non-hydrogen) atoms. The van der Waals surface area contributed by atoms with Crippen LogP contribution in [-0.4, -0.2) is 38.4 Å². The first-order valence-corrected chi connectivity index (χ1v) is 12.9. The van der Waals surface area contributed by atoms with Crippen LogP contribution < -0.4 is 10.6 Å². The number of carbonyl (C=O) groups is 2. The van der Waals surface area contributed by atoms with Crippen LogP contribution in [0.2, 0.25) is 0 Å². The molecule has 2 saturated carbocycles. The van der Waals surface area contributed by atoms with Crippen LogP contribution in [0.3, 0.4) is 0 Å². The highest BCUT2D eigenvalue weighted by molar-refractivity contribution is 6.00. The zero-order chi connectivity index (χ0) is 25.2. The van der Waals surface area contributed by atoms with Gasteiger partial charge in [0.25, 0.3) is 5.91 Å². The van der Waals surface area contributed by atoms with E-state index < -0.39 is 0 Å². The van der Waals surface area contributed by atoms with Gasteiger partial charge in [0.15, 0.2) is 0 Å². The summed E-state index contributed by atoms with van der Waals surface area (Å²) in [6.07, 6.45) is 9.78. The molecule has 8 heteroatoms. The molecule has 2 fully saturated rings. The highest BCUT2D eigenvalue weighted by Crippen LogP contribution is 2.35. The number of nitrogens with one attached hydrogen (secondary N) is 2. The van der Waals surface area contributed by atoms with Gasteiger partial charge in [0.05, 0.1) is 39.9 Å². The second-order valence-electron chi connectivity index (χ2n) is 10.5. The number of aromatic nitrogens is 3. The first-order valence-electron chi connectivity index (χ1n) is 12.9. The van der Waals surface area contributed by atoms with Crippen molar-refractivity contribution < 1.29 is 9.59 Å². The van der Waals surface area contributed by atoms with E-state index in [4.69, 9.17) is 5.26 Å². The first-order chi connectivity index (χ1) is 17.4. The number of nitriles is 1. The standard InChI is InChI=1S/C28H32N6O2/c1-17(2)32-24-13-25(26-10-9-22-11-19(14-29)15-31-34(22)26)30-16-23(24)28(36)33-21-7-3-18(4-8-21)12-27(35)20-5-6-20/h9-11,13,15-18,20-21H,3-8,12H2,1-2H3,(H,30,32)(H,33,36). The lowest BCUT2D eigenvalue weighted by atomic mass is 9.82. The van der Waals surface area contributed by atoms with Crippen LogP contribution in [0.15, 0.2) is 36.7 Å².